The van der Waals surface area contributed by atoms with Crippen LogP contribution in [0.4, 0.5) is 4.39 Å². The minimum atomic E-state index is -0.318. The molecular weight excluding hydrogens is 365 g/mol. The lowest BCUT2D eigenvalue weighted by Gasteiger charge is -2.06. The Kier molecular flexibility index (Phi) is 6.17. The van der Waals surface area contributed by atoms with Gasteiger partial charge in [0.1, 0.15) is 11.5 Å². The number of ketones is 1. The van der Waals surface area contributed by atoms with Crippen molar-refractivity contribution in [2.24, 2.45) is 0 Å². The maximum absolute atomic E-state index is 14.2. The minimum Gasteiger partial charge on any atom is -0.292 e. The summed E-state index contributed by atoms with van der Waals surface area (Å²) >= 11 is 0. The molecule has 0 amide bonds. The molecule has 0 N–H and O–H groups in total. The Labute approximate surface area is 170 Å². The third kappa shape index (κ3) is 4.74. The van der Waals surface area contributed by atoms with Gasteiger partial charge in [0.15, 0.2) is 11.4 Å². The molecule has 0 aliphatic heterocycles. The fourth-order valence-electron chi connectivity index (χ4n) is 2.88. The number of rotatable bonds is 3. The molecular formula is C24H24FN3O. The van der Waals surface area contributed by atoms with E-state index in [1.54, 1.807) is 31.3 Å². The van der Waals surface area contributed by atoms with Gasteiger partial charge in [0.05, 0.1) is 5.69 Å². The lowest BCUT2D eigenvalue weighted by Crippen LogP contribution is -2.01. The van der Waals surface area contributed by atoms with E-state index in [0.717, 1.165) is 5.56 Å². The molecule has 29 heavy (non-hydrogen) atoms. The van der Waals surface area contributed by atoms with E-state index in [1.807, 2.05) is 13.0 Å². The molecule has 148 valence electrons. The van der Waals surface area contributed by atoms with Gasteiger partial charge in [-0.2, -0.15) is 5.10 Å². The summed E-state index contributed by atoms with van der Waals surface area (Å²) < 4.78 is 15.7. The van der Waals surface area contributed by atoms with Crippen LogP contribution >= 0.6 is 0 Å². The average Bonchev–Trinajstić information content (AvgIpc) is 3.15. The smallest absolute Gasteiger partial charge is 0.182 e. The number of hydrogen-bond donors (Lipinski definition) is 0. The van der Waals surface area contributed by atoms with Crippen molar-refractivity contribution in [3.05, 3.63) is 89.0 Å². The number of halogens is 1. The number of hydrogen-bond acceptors (Lipinski definition) is 3. The Morgan fingerprint density at radius 1 is 0.931 bits per heavy atom. The molecule has 5 heteroatoms. The average molecular weight is 389 g/mol. The zero-order chi connectivity index (χ0) is 21.0. The zero-order valence-corrected chi connectivity index (χ0v) is 17.1. The summed E-state index contributed by atoms with van der Waals surface area (Å²) in [6, 6.07) is 16.8. The van der Waals surface area contributed by atoms with Gasteiger partial charge in [0.25, 0.3) is 0 Å². The Balaban J connectivity index is 0.000000252. The van der Waals surface area contributed by atoms with Gasteiger partial charge in [0.2, 0.25) is 0 Å². The van der Waals surface area contributed by atoms with Gasteiger partial charge >= 0.3 is 0 Å². The molecule has 0 aliphatic carbocycles. The van der Waals surface area contributed by atoms with Crippen LogP contribution in [0.25, 0.3) is 16.9 Å². The molecule has 0 unspecified atom stereocenters. The number of carbonyl (C=O) groups excluding carboxylic acids is 1. The summed E-state index contributed by atoms with van der Waals surface area (Å²) in [5.41, 5.74) is 5.41. The van der Waals surface area contributed by atoms with E-state index in [4.69, 9.17) is 0 Å². The SMILES string of the molecule is CCC(=O)c1cc2nccc(-c3ccc(C)cc3F)n2n1.Cc1ccc(C)cc1. The Hall–Kier alpha value is -3.34. The first-order valence-corrected chi connectivity index (χ1v) is 9.57. The minimum absolute atomic E-state index is 0.0594. The van der Waals surface area contributed by atoms with Gasteiger partial charge in [-0.25, -0.2) is 13.9 Å². The summed E-state index contributed by atoms with van der Waals surface area (Å²) in [4.78, 5) is 15.9. The second-order valence-electron chi connectivity index (χ2n) is 7.04. The molecule has 0 aliphatic rings. The van der Waals surface area contributed by atoms with E-state index >= 15 is 0 Å². The fraction of sp³-hybridized carbons (Fsp3) is 0.208. The molecule has 4 rings (SSSR count). The fourth-order valence-corrected chi connectivity index (χ4v) is 2.88. The predicted octanol–water partition coefficient (Wildman–Crippen LogP) is 5.74. The molecule has 0 radical (unpaired) electrons. The largest absolute Gasteiger partial charge is 0.292 e. The quantitative estimate of drug-likeness (QED) is 0.420. The van der Waals surface area contributed by atoms with Crippen molar-refractivity contribution in [3.63, 3.8) is 0 Å². The molecule has 0 fully saturated rings. The van der Waals surface area contributed by atoms with Gasteiger partial charge in [-0.1, -0.05) is 48.4 Å². The summed E-state index contributed by atoms with van der Waals surface area (Å²) in [5.74, 6) is -0.378. The van der Waals surface area contributed by atoms with Crippen LogP contribution in [-0.4, -0.2) is 20.4 Å². The van der Waals surface area contributed by atoms with E-state index in [-0.39, 0.29) is 11.6 Å². The standard InChI is InChI=1S/C16H14FN3O.C8H10/c1-3-15(21)13-9-16-18-7-6-14(20(16)19-13)11-5-4-10(2)8-12(11)17;1-7-3-5-8(2)6-4-7/h4-9H,3H2,1-2H3;3-6H,1-2H3. The number of aryl methyl sites for hydroxylation is 3. The Bertz CT molecular complexity index is 1130. The highest BCUT2D eigenvalue weighted by molar-refractivity contribution is 5.95. The van der Waals surface area contributed by atoms with Crippen LogP contribution in [0.15, 0.2) is 60.8 Å². The Morgan fingerprint density at radius 2 is 1.55 bits per heavy atom. The maximum atomic E-state index is 14.2. The molecule has 0 spiro atoms. The van der Waals surface area contributed by atoms with Crippen molar-refractivity contribution >= 4 is 11.4 Å². The third-order valence-corrected chi connectivity index (χ3v) is 4.58. The molecule has 2 aromatic heterocycles. The molecule has 0 bridgehead atoms. The summed E-state index contributed by atoms with van der Waals surface area (Å²) in [6.45, 7) is 7.81. The van der Waals surface area contributed by atoms with Crippen LogP contribution in [0.1, 0.15) is 40.5 Å². The van der Waals surface area contributed by atoms with Crippen molar-refractivity contribution in [2.45, 2.75) is 34.1 Å². The highest BCUT2D eigenvalue weighted by Gasteiger charge is 2.14. The van der Waals surface area contributed by atoms with Crippen LogP contribution in [0.5, 0.6) is 0 Å². The second kappa shape index (κ2) is 8.78. The molecule has 0 saturated heterocycles. The maximum Gasteiger partial charge on any atom is 0.182 e. The number of fused-ring (bicyclic) bond motifs is 1. The number of benzene rings is 2. The summed E-state index contributed by atoms with van der Waals surface area (Å²) in [5, 5.41) is 4.26. The van der Waals surface area contributed by atoms with Crippen LogP contribution in [0.3, 0.4) is 0 Å². The van der Waals surface area contributed by atoms with Crippen LogP contribution in [-0.2, 0) is 0 Å². The number of carbonyl (C=O) groups is 1. The normalized spacial score (nSPS) is 10.5. The first kappa shape index (κ1) is 20.4. The van der Waals surface area contributed by atoms with Crippen molar-refractivity contribution in [2.75, 3.05) is 0 Å². The topological polar surface area (TPSA) is 47.3 Å². The monoisotopic (exact) mass is 389 g/mol. The first-order valence-electron chi connectivity index (χ1n) is 9.57. The van der Waals surface area contributed by atoms with Crippen molar-refractivity contribution in [3.8, 4) is 11.3 Å². The number of aromatic nitrogens is 3. The molecule has 4 aromatic rings. The van der Waals surface area contributed by atoms with Gasteiger partial charge in [-0.05, 0) is 44.5 Å². The van der Waals surface area contributed by atoms with Crippen LogP contribution in [0.2, 0.25) is 0 Å². The molecule has 0 saturated carbocycles. The lowest BCUT2D eigenvalue weighted by molar-refractivity contribution is 0.0983. The van der Waals surface area contributed by atoms with E-state index in [9.17, 15) is 9.18 Å². The number of nitrogens with zero attached hydrogens (tertiary/aromatic N) is 3. The van der Waals surface area contributed by atoms with Crippen LogP contribution < -0.4 is 0 Å². The highest BCUT2D eigenvalue weighted by Crippen LogP contribution is 2.24. The van der Waals surface area contributed by atoms with Gasteiger partial charge in [0, 0.05) is 24.2 Å². The third-order valence-electron chi connectivity index (χ3n) is 4.58. The first-order chi connectivity index (χ1) is 13.9. The zero-order valence-electron chi connectivity index (χ0n) is 17.1. The molecule has 4 nitrogen and oxygen atoms in total. The van der Waals surface area contributed by atoms with Crippen molar-refractivity contribution in [1.82, 2.24) is 14.6 Å². The molecule has 0 atom stereocenters. The molecule has 2 aromatic carbocycles. The number of Topliss-reactive ketones (excluding diaryl/α,β-unsaturated/α-hetero) is 1. The van der Waals surface area contributed by atoms with Crippen LogP contribution in [0, 0.1) is 26.6 Å². The van der Waals surface area contributed by atoms with E-state index < -0.39 is 0 Å². The van der Waals surface area contributed by atoms with Gasteiger partial charge in [-0.15, -0.1) is 0 Å². The Morgan fingerprint density at radius 3 is 2.14 bits per heavy atom. The highest BCUT2D eigenvalue weighted by atomic mass is 19.1. The van der Waals surface area contributed by atoms with Crippen molar-refractivity contribution in [1.29, 1.82) is 0 Å². The van der Waals surface area contributed by atoms with E-state index in [1.165, 1.54) is 21.7 Å². The molecule has 2 heterocycles. The summed E-state index contributed by atoms with van der Waals surface area (Å²) in [7, 11) is 0. The van der Waals surface area contributed by atoms with Gasteiger partial charge < -0.3 is 0 Å². The van der Waals surface area contributed by atoms with Crippen molar-refractivity contribution < 1.29 is 9.18 Å². The lowest BCUT2D eigenvalue weighted by atomic mass is 10.1. The van der Waals surface area contributed by atoms with E-state index in [2.05, 4.69) is 48.2 Å². The van der Waals surface area contributed by atoms with Gasteiger partial charge in [-0.3, -0.25) is 4.79 Å². The second-order valence-corrected chi connectivity index (χ2v) is 7.04. The predicted molar refractivity (Wildman–Crippen MR) is 114 cm³/mol. The summed E-state index contributed by atoms with van der Waals surface area (Å²) in [6.07, 6.45) is 1.96. The van der Waals surface area contributed by atoms with E-state index in [0.29, 0.717) is 29.0 Å².